The average Bonchev–Trinajstić information content (AvgIpc) is 2.97. The summed E-state index contributed by atoms with van der Waals surface area (Å²) in [6.07, 6.45) is 4.98. The zero-order chi connectivity index (χ0) is 15.5. The van der Waals surface area contributed by atoms with Gasteiger partial charge in [-0.1, -0.05) is 18.2 Å². The van der Waals surface area contributed by atoms with Crippen molar-refractivity contribution in [2.24, 2.45) is 5.92 Å². The highest BCUT2D eigenvalue weighted by molar-refractivity contribution is 5.92. The van der Waals surface area contributed by atoms with Gasteiger partial charge in [-0.2, -0.15) is 0 Å². The van der Waals surface area contributed by atoms with Gasteiger partial charge in [-0.05, 0) is 49.4 Å². The molecule has 0 radical (unpaired) electrons. The standard InChI is InChI=1S/C17H22N2O3/c1-22-15-6-2-12(3-7-15)11-19-9-8-13-4-5-14(10-16(13)19)17(20)18-21/h2-3,6-7,10,13,16,21H,4-5,8-9,11H2,1H3,(H,18,20). The molecule has 3 rings (SSSR count). The fraction of sp³-hybridized carbons (Fsp3) is 0.471. The van der Waals surface area contributed by atoms with Crippen molar-refractivity contribution in [1.82, 2.24) is 10.4 Å². The van der Waals surface area contributed by atoms with E-state index < -0.39 is 0 Å². The van der Waals surface area contributed by atoms with Crippen molar-refractivity contribution in [2.45, 2.75) is 31.8 Å². The number of ether oxygens (including phenoxy) is 1. The van der Waals surface area contributed by atoms with Crippen LogP contribution in [0.2, 0.25) is 0 Å². The number of hydrogen-bond donors (Lipinski definition) is 2. The van der Waals surface area contributed by atoms with Gasteiger partial charge in [0, 0.05) is 18.2 Å². The number of methoxy groups -OCH3 is 1. The first-order valence-electron chi connectivity index (χ1n) is 7.73. The van der Waals surface area contributed by atoms with Crippen LogP contribution in [-0.4, -0.2) is 35.7 Å². The van der Waals surface area contributed by atoms with Crippen LogP contribution in [0, 0.1) is 5.92 Å². The highest BCUT2D eigenvalue weighted by atomic mass is 16.5. The first kappa shape index (κ1) is 15.1. The molecule has 1 aromatic rings. The maximum Gasteiger partial charge on any atom is 0.270 e. The highest BCUT2D eigenvalue weighted by Gasteiger charge is 2.36. The van der Waals surface area contributed by atoms with Gasteiger partial charge in [0.1, 0.15) is 5.75 Å². The molecule has 5 nitrogen and oxygen atoms in total. The van der Waals surface area contributed by atoms with Crippen molar-refractivity contribution in [2.75, 3.05) is 13.7 Å². The number of nitrogens with one attached hydrogen (secondary N) is 1. The molecule has 1 amide bonds. The smallest absolute Gasteiger partial charge is 0.270 e. The third kappa shape index (κ3) is 3.00. The van der Waals surface area contributed by atoms with E-state index in [0.29, 0.717) is 17.5 Å². The van der Waals surface area contributed by atoms with Crippen LogP contribution in [-0.2, 0) is 11.3 Å². The molecular weight excluding hydrogens is 280 g/mol. The predicted octanol–water partition coefficient (Wildman–Crippen LogP) is 2.11. The van der Waals surface area contributed by atoms with Gasteiger partial charge >= 0.3 is 0 Å². The average molecular weight is 302 g/mol. The maximum absolute atomic E-state index is 11.6. The second-order valence-electron chi connectivity index (χ2n) is 6.03. The Balaban J connectivity index is 1.72. The highest BCUT2D eigenvalue weighted by Crippen LogP contribution is 2.36. The van der Waals surface area contributed by atoms with Gasteiger partial charge < -0.3 is 4.74 Å². The molecule has 1 aromatic carbocycles. The normalized spacial score (nSPS) is 24.5. The van der Waals surface area contributed by atoms with Gasteiger partial charge in [-0.3, -0.25) is 14.9 Å². The molecule has 1 fully saturated rings. The van der Waals surface area contributed by atoms with Crippen molar-refractivity contribution in [1.29, 1.82) is 0 Å². The summed E-state index contributed by atoms with van der Waals surface area (Å²) in [6, 6.07) is 8.41. The Kier molecular flexibility index (Phi) is 4.45. The van der Waals surface area contributed by atoms with Crippen LogP contribution in [0.15, 0.2) is 35.9 Å². The number of rotatable bonds is 4. The number of hydrogen-bond acceptors (Lipinski definition) is 4. The molecule has 118 valence electrons. The van der Waals surface area contributed by atoms with Gasteiger partial charge in [0.05, 0.1) is 7.11 Å². The van der Waals surface area contributed by atoms with E-state index in [4.69, 9.17) is 9.94 Å². The fourth-order valence-corrected chi connectivity index (χ4v) is 3.55. The number of carbonyl (C=O) groups is 1. The Labute approximate surface area is 130 Å². The number of amides is 1. The lowest BCUT2D eigenvalue weighted by molar-refractivity contribution is -0.125. The topological polar surface area (TPSA) is 61.8 Å². The van der Waals surface area contributed by atoms with Crippen LogP contribution < -0.4 is 10.2 Å². The van der Waals surface area contributed by atoms with Crippen molar-refractivity contribution in [3.05, 3.63) is 41.5 Å². The molecular formula is C17H22N2O3. The number of nitrogens with zero attached hydrogens (tertiary/aromatic N) is 1. The Hall–Kier alpha value is -1.85. The zero-order valence-corrected chi connectivity index (χ0v) is 12.8. The summed E-state index contributed by atoms with van der Waals surface area (Å²) in [4.78, 5) is 14.0. The van der Waals surface area contributed by atoms with Crippen LogP contribution in [0.5, 0.6) is 5.75 Å². The number of hydroxylamine groups is 1. The first-order valence-corrected chi connectivity index (χ1v) is 7.73. The fourth-order valence-electron chi connectivity index (χ4n) is 3.55. The molecule has 2 unspecified atom stereocenters. The van der Waals surface area contributed by atoms with Gasteiger partial charge in [0.2, 0.25) is 0 Å². The van der Waals surface area contributed by atoms with Gasteiger partial charge in [0.15, 0.2) is 0 Å². The van der Waals surface area contributed by atoms with E-state index in [9.17, 15) is 4.79 Å². The Morgan fingerprint density at radius 2 is 2.14 bits per heavy atom. The summed E-state index contributed by atoms with van der Waals surface area (Å²) in [5, 5.41) is 8.81. The molecule has 0 saturated carbocycles. The minimum absolute atomic E-state index is 0.295. The Morgan fingerprint density at radius 1 is 1.36 bits per heavy atom. The predicted molar refractivity (Wildman–Crippen MR) is 82.5 cm³/mol. The van der Waals surface area contributed by atoms with Crippen LogP contribution in [0.1, 0.15) is 24.8 Å². The number of fused-ring (bicyclic) bond motifs is 1. The molecule has 2 atom stereocenters. The summed E-state index contributed by atoms with van der Waals surface area (Å²) in [6.45, 7) is 1.92. The SMILES string of the molecule is COc1ccc(CN2CCC3CCC(C(=O)NO)=CC32)cc1. The molecule has 0 spiro atoms. The molecule has 1 aliphatic carbocycles. The quantitative estimate of drug-likeness (QED) is 0.660. The van der Waals surface area contributed by atoms with E-state index in [0.717, 1.165) is 31.7 Å². The number of benzene rings is 1. The van der Waals surface area contributed by atoms with Gasteiger partial charge in [-0.15, -0.1) is 0 Å². The zero-order valence-electron chi connectivity index (χ0n) is 12.8. The number of likely N-dealkylation sites (tertiary alicyclic amines) is 1. The molecule has 22 heavy (non-hydrogen) atoms. The van der Waals surface area contributed by atoms with E-state index in [1.54, 1.807) is 12.6 Å². The maximum atomic E-state index is 11.6. The summed E-state index contributed by atoms with van der Waals surface area (Å²) in [5.74, 6) is 1.12. The second-order valence-corrected chi connectivity index (χ2v) is 6.03. The van der Waals surface area contributed by atoms with E-state index in [1.165, 1.54) is 12.0 Å². The van der Waals surface area contributed by atoms with Gasteiger partial charge in [-0.25, -0.2) is 5.48 Å². The Morgan fingerprint density at radius 3 is 2.82 bits per heavy atom. The lowest BCUT2D eigenvalue weighted by atomic mass is 9.85. The minimum atomic E-state index is -0.366. The Bertz CT molecular complexity index is 568. The molecule has 2 aliphatic rings. The van der Waals surface area contributed by atoms with Crippen LogP contribution in [0.4, 0.5) is 0 Å². The van der Waals surface area contributed by atoms with Crippen molar-refractivity contribution >= 4 is 5.91 Å². The van der Waals surface area contributed by atoms with Crippen molar-refractivity contribution in [3.63, 3.8) is 0 Å². The van der Waals surface area contributed by atoms with Gasteiger partial charge in [0.25, 0.3) is 5.91 Å². The molecule has 1 aliphatic heterocycles. The van der Waals surface area contributed by atoms with Crippen molar-refractivity contribution in [3.8, 4) is 5.75 Å². The third-order valence-corrected chi connectivity index (χ3v) is 4.79. The molecule has 5 heteroatoms. The molecule has 0 bridgehead atoms. The van der Waals surface area contributed by atoms with Crippen LogP contribution >= 0.6 is 0 Å². The molecule has 1 heterocycles. The summed E-state index contributed by atoms with van der Waals surface area (Å²) >= 11 is 0. The van der Waals surface area contributed by atoms with Crippen molar-refractivity contribution < 1.29 is 14.7 Å². The summed E-state index contributed by atoms with van der Waals surface area (Å²) in [5.41, 5.74) is 3.70. The largest absolute Gasteiger partial charge is 0.497 e. The van der Waals surface area contributed by atoms with E-state index in [1.807, 2.05) is 18.2 Å². The summed E-state index contributed by atoms with van der Waals surface area (Å²) in [7, 11) is 1.67. The van der Waals surface area contributed by atoms with Crippen LogP contribution in [0.25, 0.3) is 0 Å². The summed E-state index contributed by atoms with van der Waals surface area (Å²) < 4.78 is 5.19. The number of carbonyl (C=O) groups excluding carboxylic acids is 1. The van der Waals surface area contributed by atoms with E-state index >= 15 is 0 Å². The second kappa shape index (κ2) is 6.50. The van der Waals surface area contributed by atoms with E-state index in [-0.39, 0.29) is 5.91 Å². The van der Waals surface area contributed by atoms with Crippen LogP contribution in [0.3, 0.4) is 0 Å². The minimum Gasteiger partial charge on any atom is -0.497 e. The first-order chi connectivity index (χ1) is 10.7. The third-order valence-electron chi connectivity index (χ3n) is 4.79. The molecule has 2 N–H and O–H groups in total. The van der Waals surface area contributed by atoms with E-state index in [2.05, 4.69) is 17.0 Å². The monoisotopic (exact) mass is 302 g/mol. The lowest BCUT2D eigenvalue weighted by Crippen LogP contribution is -2.35. The molecule has 0 aromatic heterocycles. The molecule has 1 saturated heterocycles. The lowest BCUT2D eigenvalue weighted by Gasteiger charge is -2.30.